The molecule has 1 N–H and O–H groups in total. The van der Waals surface area contributed by atoms with Crippen molar-refractivity contribution in [3.63, 3.8) is 0 Å². The number of amides is 1. The van der Waals surface area contributed by atoms with Crippen LogP contribution in [0, 0.1) is 0 Å². The second-order valence-corrected chi connectivity index (χ2v) is 6.08. The number of benzene rings is 1. The smallest absolute Gasteiger partial charge is 0.263 e. The van der Waals surface area contributed by atoms with E-state index in [1.807, 2.05) is 45.0 Å². The van der Waals surface area contributed by atoms with E-state index in [1.54, 1.807) is 6.20 Å². The van der Waals surface area contributed by atoms with Crippen molar-refractivity contribution in [2.45, 2.75) is 39.8 Å². The van der Waals surface area contributed by atoms with Crippen LogP contribution in [0.1, 0.15) is 41.0 Å². The Morgan fingerprint density at radius 3 is 2.62 bits per heavy atom. The van der Waals surface area contributed by atoms with Crippen LogP contribution in [0.15, 0.2) is 30.5 Å². The van der Waals surface area contributed by atoms with Gasteiger partial charge in [0.25, 0.3) is 5.91 Å². The standard InChI is InChI=1S/C16H20N2O2S/c1-4-15-17-10-14(21-15)16(19)18-9-12-5-7-13(8-6-12)20-11(2)3/h5-8,10-11H,4,9H2,1-3H3,(H,18,19). The summed E-state index contributed by atoms with van der Waals surface area (Å²) in [4.78, 5) is 16.8. The van der Waals surface area contributed by atoms with Crippen LogP contribution in [0.2, 0.25) is 0 Å². The summed E-state index contributed by atoms with van der Waals surface area (Å²) in [5, 5.41) is 3.89. The van der Waals surface area contributed by atoms with Gasteiger partial charge in [0, 0.05) is 6.54 Å². The Morgan fingerprint density at radius 1 is 1.33 bits per heavy atom. The Hall–Kier alpha value is -1.88. The third kappa shape index (κ3) is 4.56. The van der Waals surface area contributed by atoms with Crippen LogP contribution in [0.4, 0.5) is 0 Å². The zero-order chi connectivity index (χ0) is 15.2. The van der Waals surface area contributed by atoms with Crippen LogP contribution >= 0.6 is 11.3 Å². The number of aryl methyl sites for hydroxylation is 1. The lowest BCUT2D eigenvalue weighted by Crippen LogP contribution is -2.21. The van der Waals surface area contributed by atoms with Crippen LogP contribution in [0.5, 0.6) is 5.75 Å². The molecule has 1 heterocycles. The predicted molar refractivity (Wildman–Crippen MR) is 84.9 cm³/mol. The molecule has 0 fully saturated rings. The highest BCUT2D eigenvalue weighted by molar-refractivity contribution is 7.13. The third-order valence-corrected chi connectivity index (χ3v) is 3.97. The molecular weight excluding hydrogens is 284 g/mol. The number of nitrogens with zero attached hydrogens (tertiary/aromatic N) is 1. The lowest BCUT2D eigenvalue weighted by molar-refractivity contribution is 0.0955. The van der Waals surface area contributed by atoms with Gasteiger partial charge in [-0.05, 0) is 38.0 Å². The van der Waals surface area contributed by atoms with Crippen molar-refractivity contribution in [1.29, 1.82) is 0 Å². The van der Waals surface area contributed by atoms with E-state index in [9.17, 15) is 4.79 Å². The molecule has 5 heteroatoms. The number of aromatic nitrogens is 1. The van der Waals surface area contributed by atoms with E-state index in [0.29, 0.717) is 11.4 Å². The molecular formula is C16H20N2O2S. The quantitative estimate of drug-likeness (QED) is 0.889. The molecule has 0 saturated heterocycles. The van der Waals surface area contributed by atoms with Gasteiger partial charge in [-0.2, -0.15) is 0 Å². The monoisotopic (exact) mass is 304 g/mol. The summed E-state index contributed by atoms with van der Waals surface area (Å²) >= 11 is 1.44. The summed E-state index contributed by atoms with van der Waals surface area (Å²) in [7, 11) is 0. The van der Waals surface area contributed by atoms with E-state index in [-0.39, 0.29) is 12.0 Å². The van der Waals surface area contributed by atoms with Gasteiger partial charge in [-0.3, -0.25) is 4.79 Å². The molecule has 0 spiro atoms. The SMILES string of the molecule is CCc1ncc(C(=O)NCc2ccc(OC(C)C)cc2)s1. The number of rotatable bonds is 6. The second kappa shape index (κ2) is 7.22. The van der Waals surface area contributed by atoms with E-state index in [0.717, 1.165) is 22.7 Å². The minimum absolute atomic E-state index is 0.0743. The first-order chi connectivity index (χ1) is 10.1. The summed E-state index contributed by atoms with van der Waals surface area (Å²) in [5.41, 5.74) is 1.04. The Balaban J connectivity index is 1.88. The van der Waals surface area contributed by atoms with Gasteiger partial charge < -0.3 is 10.1 Å². The van der Waals surface area contributed by atoms with Gasteiger partial charge in [0.1, 0.15) is 10.6 Å². The maximum atomic E-state index is 12.0. The van der Waals surface area contributed by atoms with E-state index in [2.05, 4.69) is 10.3 Å². The van der Waals surface area contributed by atoms with Crippen LogP contribution < -0.4 is 10.1 Å². The lowest BCUT2D eigenvalue weighted by atomic mass is 10.2. The van der Waals surface area contributed by atoms with Gasteiger partial charge in [-0.25, -0.2) is 4.98 Å². The molecule has 1 aromatic heterocycles. The van der Waals surface area contributed by atoms with Gasteiger partial charge in [0.15, 0.2) is 0 Å². The zero-order valence-electron chi connectivity index (χ0n) is 12.6. The molecule has 0 atom stereocenters. The Kier molecular flexibility index (Phi) is 5.33. The van der Waals surface area contributed by atoms with Gasteiger partial charge in [-0.1, -0.05) is 19.1 Å². The maximum Gasteiger partial charge on any atom is 0.263 e. The summed E-state index contributed by atoms with van der Waals surface area (Å²) in [6, 6.07) is 7.76. The van der Waals surface area contributed by atoms with Crippen molar-refractivity contribution in [1.82, 2.24) is 10.3 Å². The average Bonchev–Trinajstić information content (AvgIpc) is 2.94. The van der Waals surface area contributed by atoms with Gasteiger partial charge in [0.2, 0.25) is 0 Å². The van der Waals surface area contributed by atoms with Crippen LogP contribution in [0.3, 0.4) is 0 Å². The van der Waals surface area contributed by atoms with E-state index < -0.39 is 0 Å². The fourth-order valence-corrected chi connectivity index (χ4v) is 2.58. The molecule has 4 nitrogen and oxygen atoms in total. The predicted octanol–water partition coefficient (Wildman–Crippen LogP) is 3.42. The molecule has 0 aliphatic carbocycles. The highest BCUT2D eigenvalue weighted by atomic mass is 32.1. The number of ether oxygens (including phenoxy) is 1. The van der Waals surface area contributed by atoms with E-state index >= 15 is 0 Å². The van der Waals surface area contributed by atoms with Crippen LogP contribution in [-0.4, -0.2) is 17.0 Å². The molecule has 0 unspecified atom stereocenters. The van der Waals surface area contributed by atoms with E-state index in [4.69, 9.17) is 4.74 Å². The van der Waals surface area contributed by atoms with Gasteiger partial charge >= 0.3 is 0 Å². The van der Waals surface area contributed by atoms with Crippen molar-refractivity contribution in [3.8, 4) is 5.75 Å². The first-order valence-corrected chi connectivity index (χ1v) is 7.88. The molecule has 2 aromatic rings. The highest BCUT2D eigenvalue weighted by Gasteiger charge is 2.09. The van der Waals surface area contributed by atoms with Crippen molar-refractivity contribution < 1.29 is 9.53 Å². The summed E-state index contributed by atoms with van der Waals surface area (Å²) in [6.07, 6.45) is 2.66. The minimum atomic E-state index is -0.0743. The summed E-state index contributed by atoms with van der Waals surface area (Å²) in [6.45, 7) is 6.52. The number of hydrogen-bond donors (Lipinski definition) is 1. The second-order valence-electron chi connectivity index (χ2n) is 4.97. The maximum absolute atomic E-state index is 12.0. The molecule has 2 rings (SSSR count). The average molecular weight is 304 g/mol. The number of nitrogens with one attached hydrogen (secondary N) is 1. The van der Waals surface area contributed by atoms with Crippen LogP contribution in [-0.2, 0) is 13.0 Å². The zero-order valence-corrected chi connectivity index (χ0v) is 13.4. The van der Waals surface area contributed by atoms with Gasteiger partial charge in [0.05, 0.1) is 17.3 Å². The lowest BCUT2D eigenvalue weighted by Gasteiger charge is -2.10. The summed E-state index contributed by atoms with van der Waals surface area (Å²) in [5.74, 6) is 0.768. The molecule has 0 aliphatic rings. The number of carbonyl (C=O) groups excluding carboxylic acids is 1. The molecule has 21 heavy (non-hydrogen) atoms. The molecule has 0 saturated carbocycles. The highest BCUT2D eigenvalue weighted by Crippen LogP contribution is 2.15. The fourth-order valence-electron chi connectivity index (χ4n) is 1.81. The van der Waals surface area contributed by atoms with E-state index in [1.165, 1.54) is 11.3 Å². The third-order valence-electron chi connectivity index (χ3n) is 2.83. The topological polar surface area (TPSA) is 51.2 Å². The molecule has 1 aromatic carbocycles. The number of hydrogen-bond acceptors (Lipinski definition) is 4. The molecule has 0 aliphatic heterocycles. The fraction of sp³-hybridized carbons (Fsp3) is 0.375. The number of carbonyl (C=O) groups is 1. The number of thiazole rings is 1. The molecule has 0 radical (unpaired) electrons. The van der Waals surface area contributed by atoms with Crippen molar-refractivity contribution in [3.05, 3.63) is 45.9 Å². The largest absolute Gasteiger partial charge is 0.491 e. The van der Waals surface area contributed by atoms with Crippen molar-refractivity contribution in [2.24, 2.45) is 0 Å². The van der Waals surface area contributed by atoms with Gasteiger partial charge in [-0.15, -0.1) is 11.3 Å². The Morgan fingerprint density at radius 2 is 2.05 bits per heavy atom. The Labute approximate surface area is 129 Å². The molecule has 112 valence electrons. The minimum Gasteiger partial charge on any atom is -0.491 e. The first kappa shape index (κ1) is 15.5. The first-order valence-electron chi connectivity index (χ1n) is 7.07. The summed E-state index contributed by atoms with van der Waals surface area (Å²) < 4.78 is 5.59. The van der Waals surface area contributed by atoms with Crippen molar-refractivity contribution >= 4 is 17.2 Å². The van der Waals surface area contributed by atoms with Crippen molar-refractivity contribution in [2.75, 3.05) is 0 Å². The molecule has 1 amide bonds. The molecule has 0 bridgehead atoms. The normalized spacial score (nSPS) is 10.7. The Bertz CT molecular complexity index is 591. The van der Waals surface area contributed by atoms with Crippen LogP contribution in [0.25, 0.3) is 0 Å².